The summed E-state index contributed by atoms with van der Waals surface area (Å²) in [6.07, 6.45) is 3.54. The first-order valence-corrected chi connectivity index (χ1v) is 2.23. The van der Waals surface area contributed by atoms with Crippen LogP contribution in [0, 0.1) is 12.2 Å². The van der Waals surface area contributed by atoms with Crippen LogP contribution in [0.15, 0.2) is 18.2 Å². The van der Waals surface area contributed by atoms with Gasteiger partial charge in [-0.3, -0.25) is 0 Å². The van der Waals surface area contributed by atoms with Gasteiger partial charge in [0, 0.05) is 0 Å². The van der Waals surface area contributed by atoms with E-state index in [0.717, 1.165) is 12.2 Å². The first-order valence-electron chi connectivity index (χ1n) is 2.23. The summed E-state index contributed by atoms with van der Waals surface area (Å²) in [5, 5.41) is 0. The highest BCUT2D eigenvalue weighted by Crippen LogP contribution is 2.17. The maximum Gasteiger partial charge on any atom is 0.204 e. The van der Waals surface area contributed by atoms with E-state index in [0.29, 0.717) is 0 Å². The van der Waals surface area contributed by atoms with Crippen LogP contribution >= 0.6 is 0 Å². The lowest BCUT2D eigenvalue weighted by atomic mass is 10.1. The van der Waals surface area contributed by atoms with Crippen LogP contribution in [0.2, 0.25) is 0 Å². The van der Waals surface area contributed by atoms with Gasteiger partial charge in [-0.05, 0) is 18.2 Å². The second-order valence-corrected chi connectivity index (χ2v) is 1.45. The van der Waals surface area contributed by atoms with Crippen LogP contribution in [0.25, 0.3) is 0 Å². The zero-order chi connectivity index (χ0) is 5.98. The van der Waals surface area contributed by atoms with Gasteiger partial charge in [-0.1, -0.05) is 6.08 Å². The third-order valence-corrected chi connectivity index (χ3v) is 0.845. The summed E-state index contributed by atoms with van der Waals surface area (Å²) in [4.78, 5) is 0. The summed E-state index contributed by atoms with van der Waals surface area (Å²) >= 11 is 0. The Bertz CT molecular complexity index is 110. The normalized spacial score (nSPS) is 29.0. The summed E-state index contributed by atoms with van der Waals surface area (Å²) in [5.74, 6) is 0. The standard InChI is InChI=1S/C6H4F2/c7-5-3-1-2-4-6(5)8/h1,3-4,6H. The fourth-order valence-electron chi connectivity index (χ4n) is 0.439. The molecule has 0 amide bonds. The zero-order valence-electron chi connectivity index (χ0n) is 4.07. The minimum Gasteiger partial charge on any atom is -0.239 e. The smallest absolute Gasteiger partial charge is 0.204 e. The highest BCUT2D eigenvalue weighted by Gasteiger charge is 2.16. The molecule has 0 bridgehead atoms. The molecule has 0 saturated carbocycles. The quantitative estimate of drug-likeness (QED) is 0.450. The molecule has 8 heavy (non-hydrogen) atoms. The van der Waals surface area contributed by atoms with E-state index in [4.69, 9.17) is 0 Å². The molecule has 1 aliphatic carbocycles. The van der Waals surface area contributed by atoms with Crippen molar-refractivity contribution in [2.24, 2.45) is 0 Å². The van der Waals surface area contributed by atoms with Gasteiger partial charge in [-0.15, -0.1) is 0 Å². The highest BCUT2D eigenvalue weighted by atomic mass is 19.2. The second-order valence-electron chi connectivity index (χ2n) is 1.45. The molecule has 1 rings (SSSR count). The SMILES string of the molecule is F[C]1C=C[C]=CC1F. The molecule has 2 radical (unpaired) electrons. The molecule has 1 aliphatic rings. The van der Waals surface area contributed by atoms with E-state index in [1.807, 2.05) is 0 Å². The van der Waals surface area contributed by atoms with E-state index in [-0.39, 0.29) is 0 Å². The summed E-state index contributed by atoms with van der Waals surface area (Å²) in [6.45, 7) is 0. The molecule has 0 fully saturated rings. The van der Waals surface area contributed by atoms with Gasteiger partial charge in [0.1, 0.15) is 0 Å². The van der Waals surface area contributed by atoms with Crippen molar-refractivity contribution in [1.82, 2.24) is 0 Å². The fraction of sp³-hybridized carbons (Fsp3) is 0.167. The van der Waals surface area contributed by atoms with Crippen LogP contribution in [0.5, 0.6) is 0 Å². The largest absolute Gasteiger partial charge is 0.239 e. The van der Waals surface area contributed by atoms with Gasteiger partial charge in [-0.2, -0.15) is 0 Å². The fourth-order valence-corrected chi connectivity index (χ4v) is 0.439. The summed E-state index contributed by atoms with van der Waals surface area (Å²) in [5.41, 5.74) is 0. The molecule has 0 spiro atoms. The lowest BCUT2D eigenvalue weighted by molar-refractivity contribution is 0.330. The van der Waals surface area contributed by atoms with Crippen LogP contribution in [0.4, 0.5) is 8.78 Å². The summed E-state index contributed by atoms with van der Waals surface area (Å²) < 4.78 is 24.0. The minimum absolute atomic E-state index is 0.747. The van der Waals surface area contributed by atoms with Crippen molar-refractivity contribution in [2.75, 3.05) is 0 Å². The van der Waals surface area contributed by atoms with Gasteiger partial charge in [0.05, 0.1) is 0 Å². The Morgan fingerprint density at radius 3 is 2.75 bits per heavy atom. The predicted molar refractivity (Wildman–Crippen MR) is 26.2 cm³/mol. The molecule has 0 aromatic heterocycles. The van der Waals surface area contributed by atoms with E-state index in [1.54, 1.807) is 0 Å². The summed E-state index contributed by atoms with van der Waals surface area (Å²) in [6, 6.07) is 0. The van der Waals surface area contributed by atoms with Crippen molar-refractivity contribution in [3.8, 4) is 0 Å². The third kappa shape index (κ3) is 0.941. The van der Waals surface area contributed by atoms with Crippen molar-refractivity contribution in [2.45, 2.75) is 6.17 Å². The monoisotopic (exact) mass is 114 g/mol. The highest BCUT2D eigenvalue weighted by molar-refractivity contribution is 5.20. The second kappa shape index (κ2) is 2.07. The van der Waals surface area contributed by atoms with Gasteiger partial charge in [0.15, 0.2) is 6.17 Å². The Balaban J connectivity index is 2.59. The molecule has 0 saturated heterocycles. The lowest BCUT2D eigenvalue weighted by Crippen LogP contribution is -2.04. The van der Waals surface area contributed by atoms with Crippen molar-refractivity contribution in [1.29, 1.82) is 0 Å². The van der Waals surface area contributed by atoms with Gasteiger partial charge in [0.2, 0.25) is 6.17 Å². The lowest BCUT2D eigenvalue weighted by Gasteiger charge is -2.04. The number of alkyl halides is 1. The first kappa shape index (κ1) is 5.48. The number of hydrogen-bond donors (Lipinski definition) is 0. The van der Waals surface area contributed by atoms with E-state index in [9.17, 15) is 8.78 Å². The molecule has 42 valence electrons. The molecule has 1 unspecified atom stereocenters. The molecule has 0 aromatic carbocycles. The van der Waals surface area contributed by atoms with Gasteiger partial charge < -0.3 is 0 Å². The number of halogens is 2. The third-order valence-electron chi connectivity index (χ3n) is 0.845. The molecule has 0 nitrogen and oxygen atoms in total. The molecule has 0 heterocycles. The van der Waals surface area contributed by atoms with Crippen LogP contribution in [0.3, 0.4) is 0 Å². The van der Waals surface area contributed by atoms with Crippen molar-refractivity contribution in [3.63, 3.8) is 0 Å². The average Bonchev–Trinajstić information content (AvgIpc) is 1.77. The van der Waals surface area contributed by atoms with Gasteiger partial charge in [-0.25, -0.2) is 8.78 Å². The van der Waals surface area contributed by atoms with E-state index in [1.165, 1.54) is 6.08 Å². The van der Waals surface area contributed by atoms with E-state index in [2.05, 4.69) is 6.08 Å². The van der Waals surface area contributed by atoms with Crippen LogP contribution in [-0.4, -0.2) is 6.17 Å². The van der Waals surface area contributed by atoms with Crippen LogP contribution in [-0.2, 0) is 0 Å². The minimum atomic E-state index is -1.57. The van der Waals surface area contributed by atoms with Crippen molar-refractivity contribution in [3.05, 3.63) is 30.5 Å². The molecular weight excluding hydrogens is 110 g/mol. The van der Waals surface area contributed by atoms with Gasteiger partial charge >= 0.3 is 0 Å². The predicted octanol–water partition coefficient (Wildman–Crippen LogP) is 1.76. The molecular formula is C6H4F2. The van der Waals surface area contributed by atoms with Crippen molar-refractivity contribution < 1.29 is 8.78 Å². The Hall–Kier alpha value is -0.660. The van der Waals surface area contributed by atoms with E-state index < -0.39 is 12.3 Å². The zero-order valence-corrected chi connectivity index (χ0v) is 4.07. The average molecular weight is 114 g/mol. The van der Waals surface area contributed by atoms with Crippen molar-refractivity contribution >= 4 is 0 Å². The Labute approximate surface area is 46.5 Å². The number of hydrogen-bond acceptors (Lipinski definition) is 0. The molecule has 0 aromatic rings. The maximum atomic E-state index is 12.0. The topological polar surface area (TPSA) is 0 Å². The Morgan fingerprint density at radius 1 is 1.62 bits per heavy atom. The number of rotatable bonds is 0. The van der Waals surface area contributed by atoms with Crippen LogP contribution < -0.4 is 0 Å². The summed E-state index contributed by atoms with van der Waals surface area (Å²) in [7, 11) is 0. The van der Waals surface area contributed by atoms with Crippen LogP contribution in [0.1, 0.15) is 0 Å². The Morgan fingerprint density at radius 2 is 2.38 bits per heavy atom. The van der Waals surface area contributed by atoms with Gasteiger partial charge in [0.25, 0.3) is 0 Å². The molecule has 0 N–H and O–H groups in total. The molecule has 1 atom stereocenters. The number of allylic oxidation sites excluding steroid dienone is 4. The van der Waals surface area contributed by atoms with E-state index >= 15 is 0 Å². The maximum absolute atomic E-state index is 12.0. The first-order chi connectivity index (χ1) is 3.80. The molecule has 0 aliphatic heterocycles. The molecule has 2 heteroatoms. The Kier molecular flexibility index (Phi) is 1.42.